The third-order valence-electron chi connectivity index (χ3n) is 8.39. The Balaban J connectivity index is 1.89. The highest BCUT2D eigenvalue weighted by molar-refractivity contribution is 8.01. The third kappa shape index (κ3) is 6.11. The number of rotatable bonds is 11. The number of nitrogens with zero attached hydrogens (tertiary/aromatic N) is 1. The van der Waals surface area contributed by atoms with E-state index in [1.165, 1.54) is 4.90 Å². The fourth-order valence-electron chi connectivity index (χ4n) is 5.18. The van der Waals surface area contributed by atoms with Crippen molar-refractivity contribution in [2.75, 3.05) is 0 Å². The molecule has 0 spiro atoms. The molecule has 1 amide bonds. The number of esters is 1. The maximum atomic E-state index is 13.9. The Kier molecular flexibility index (Phi) is 9.78. The summed E-state index contributed by atoms with van der Waals surface area (Å²) in [5, 5.41) is -0.543. The predicted molar refractivity (Wildman–Crippen MR) is 175 cm³/mol. The van der Waals surface area contributed by atoms with Gasteiger partial charge in [-0.2, -0.15) is 0 Å². The molecule has 42 heavy (non-hydrogen) atoms. The van der Waals surface area contributed by atoms with Crippen LogP contribution in [0.4, 0.5) is 0 Å². The number of carbonyl (C=O) groups excluding carboxylic acids is 2. The summed E-state index contributed by atoms with van der Waals surface area (Å²) in [7, 11) is -2.22. The maximum absolute atomic E-state index is 13.9. The van der Waals surface area contributed by atoms with E-state index >= 15 is 0 Å². The Morgan fingerprint density at radius 3 is 1.74 bits per heavy atom. The first-order valence-electron chi connectivity index (χ1n) is 14.1. The lowest BCUT2D eigenvalue weighted by Crippen LogP contribution is -2.68. The van der Waals surface area contributed by atoms with Crippen molar-refractivity contribution in [2.45, 2.75) is 67.6 Å². The Bertz CT molecular complexity index is 1280. The van der Waals surface area contributed by atoms with E-state index in [4.69, 9.17) is 20.8 Å². The molecule has 0 aromatic heterocycles. The zero-order valence-electron chi connectivity index (χ0n) is 25.1. The van der Waals surface area contributed by atoms with Gasteiger partial charge in [0, 0.05) is 0 Å². The molecule has 4 atom stereocenters. The van der Waals surface area contributed by atoms with E-state index in [9.17, 15) is 9.59 Å². The van der Waals surface area contributed by atoms with Crippen molar-refractivity contribution in [3.8, 4) is 0 Å². The Hall–Kier alpha value is -2.84. The SMILES string of the molecule is C=COC(=O)C(Cl)N1C(=O)[C@H]([C@@H](C)O[Si](C)(C)C(C)(C)C)[C@H]1SC(c1ccccc1)(c1ccccc1)c1ccccc1. The van der Waals surface area contributed by atoms with Crippen molar-refractivity contribution in [1.82, 2.24) is 4.90 Å². The second-order valence-corrected chi connectivity index (χ2v) is 18.6. The number of thioether (sulfide) groups is 1. The second-order valence-electron chi connectivity index (χ2n) is 12.1. The van der Waals surface area contributed by atoms with Crippen molar-refractivity contribution >= 4 is 43.6 Å². The minimum absolute atomic E-state index is 0.0406. The average molecular weight is 622 g/mol. The van der Waals surface area contributed by atoms with Crippen molar-refractivity contribution in [3.05, 3.63) is 121 Å². The summed E-state index contributed by atoms with van der Waals surface area (Å²) in [5.41, 5.74) is 1.82. The van der Waals surface area contributed by atoms with Crippen LogP contribution in [0.2, 0.25) is 18.1 Å². The standard InChI is InChI=1S/C34H40ClNO4SSi/c1-8-39-32(38)29(35)36-30(37)28(24(2)40-42(6,7)33(3,4)5)31(36)41-34(25-18-12-9-13-19-25,26-20-14-10-15-21-26)27-22-16-11-17-23-27/h8-24,28-29,31H,1H2,2-7H3/t24-,28+,29?,31-/m1/s1. The minimum Gasteiger partial charge on any atom is -0.433 e. The molecule has 0 aliphatic carbocycles. The van der Waals surface area contributed by atoms with Gasteiger partial charge in [0.2, 0.25) is 11.4 Å². The fourth-order valence-corrected chi connectivity index (χ4v) is 8.95. The summed E-state index contributed by atoms with van der Waals surface area (Å²) in [6.07, 6.45) is 0.638. The van der Waals surface area contributed by atoms with Gasteiger partial charge in [-0.15, -0.1) is 11.8 Å². The van der Waals surface area contributed by atoms with E-state index in [-0.39, 0.29) is 10.9 Å². The Morgan fingerprint density at radius 1 is 0.929 bits per heavy atom. The molecule has 1 fully saturated rings. The molecule has 222 valence electrons. The Labute approximate surface area is 260 Å². The summed E-state index contributed by atoms with van der Waals surface area (Å²) < 4.78 is 11.1. The van der Waals surface area contributed by atoms with E-state index in [0.29, 0.717) is 0 Å². The van der Waals surface area contributed by atoms with E-state index in [2.05, 4.69) is 76.8 Å². The third-order valence-corrected chi connectivity index (χ3v) is 15.2. The predicted octanol–water partition coefficient (Wildman–Crippen LogP) is 8.16. The van der Waals surface area contributed by atoms with Crippen LogP contribution in [-0.4, -0.2) is 42.1 Å². The molecule has 1 saturated heterocycles. The lowest BCUT2D eigenvalue weighted by Gasteiger charge is -2.54. The van der Waals surface area contributed by atoms with Crippen molar-refractivity contribution in [3.63, 3.8) is 0 Å². The lowest BCUT2D eigenvalue weighted by atomic mass is 9.84. The van der Waals surface area contributed by atoms with Crippen molar-refractivity contribution < 1.29 is 18.8 Å². The van der Waals surface area contributed by atoms with E-state index in [0.717, 1.165) is 23.0 Å². The zero-order chi connectivity index (χ0) is 30.7. The molecular weight excluding hydrogens is 582 g/mol. The highest BCUT2D eigenvalue weighted by Crippen LogP contribution is 2.56. The quantitative estimate of drug-likeness (QED) is 0.0411. The molecule has 4 rings (SSSR count). The molecule has 0 N–H and O–H groups in total. The average Bonchev–Trinajstić information content (AvgIpc) is 2.96. The van der Waals surface area contributed by atoms with Crippen LogP contribution < -0.4 is 0 Å². The molecule has 1 aliphatic heterocycles. The number of carbonyl (C=O) groups is 2. The number of hydrogen-bond acceptors (Lipinski definition) is 5. The van der Waals surface area contributed by atoms with Gasteiger partial charge in [-0.05, 0) is 41.7 Å². The normalized spacial score (nSPS) is 19.0. The van der Waals surface area contributed by atoms with E-state index in [1.807, 2.05) is 61.5 Å². The highest BCUT2D eigenvalue weighted by Gasteiger charge is 2.59. The number of halogens is 1. The molecular formula is C34H40ClNO4SSi. The molecule has 0 radical (unpaired) electrons. The van der Waals surface area contributed by atoms with Crippen LogP contribution in [0.3, 0.4) is 0 Å². The van der Waals surface area contributed by atoms with Gasteiger partial charge in [-0.3, -0.25) is 4.79 Å². The van der Waals surface area contributed by atoms with Crippen LogP contribution in [-0.2, 0) is 23.5 Å². The zero-order valence-corrected chi connectivity index (χ0v) is 27.7. The minimum atomic E-state index is -2.22. The molecule has 1 heterocycles. The number of likely N-dealkylation sites (tertiary alicyclic amines) is 1. The van der Waals surface area contributed by atoms with Gasteiger partial charge in [0.1, 0.15) is 0 Å². The molecule has 1 unspecified atom stereocenters. The highest BCUT2D eigenvalue weighted by atomic mass is 35.5. The van der Waals surface area contributed by atoms with Crippen LogP contribution in [0, 0.1) is 5.92 Å². The smallest absolute Gasteiger partial charge is 0.349 e. The topological polar surface area (TPSA) is 55.8 Å². The first-order valence-corrected chi connectivity index (χ1v) is 18.4. The number of benzene rings is 3. The molecule has 5 nitrogen and oxygen atoms in total. The summed E-state index contributed by atoms with van der Waals surface area (Å²) in [4.78, 5) is 28.2. The summed E-state index contributed by atoms with van der Waals surface area (Å²) in [6, 6.07) is 30.7. The van der Waals surface area contributed by atoms with Gasteiger partial charge in [0.05, 0.1) is 28.4 Å². The molecule has 3 aromatic rings. The Morgan fingerprint density at radius 2 is 1.36 bits per heavy atom. The van der Waals surface area contributed by atoms with Crippen LogP contribution in [0.5, 0.6) is 0 Å². The van der Waals surface area contributed by atoms with Gasteiger partial charge in [0.15, 0.2) is 8.32 Å². The number of β-lactam (4-membered cyclic amide) rings is 1. The van der Waals surface area contributed by atoms with E-state index in [1.54, 1.807) is 11.8 Å². The number of amides is 1. The van der Waals surface area contributed by atoms with Crippen LogP contribution in [0.25, 0.3) is 0 Å². The lowest BCUT2D eigenvalue weighted by molar-refractivity contribution is -0.164. The number of hydrogen-bond donors (Lipinski definition) is 0. The molecule has 0 saturated carbocycles. The summed E-state index contributed by atoms with van der Waals surface area (Å²) in [6.45, 7) is 16.3. The van der Waals surface area contributed by atoms with Gasteiger partial charge < -0.3 is 14.1 Å². The molecule has 0 bridgehead atoms. The van der Waals surface area contributed by atoms with Crippen molar-refractivity contribution in [2.24, 2.45) is 5.92 Å². The monoisotopic (exact) mass is 621 g/mol. The van der Waals surface area contributed by atoms with Crippen LogP contribution in [0.15, 0.2) is 104 Å². The first-order chi connectivity index (χ1) is 19.8. The molecule has 3 aromatic carbocycles. The van der Waals surface area contributed by atoms with Gasteiger partial charge >= 0.3 is 5.97 Å². The summed E-state index contributed by atoms with van der Waals surface area (Å²) >= 11 is 8.29. The second kappa shape index (κ2) is 12.8. The van der Waals surface area contributed by atoms with Gasteiger partial charge in [-0.1, -0.05) is 130 Å². The largest absolute Gasteiger partial charge is 0.433 e. The van der Waals surface area contributed by atoms with Crippen molar-refractivity contribution in [1.29, 1.82) is 0 Å². The summed E-state index contributed by atoms with van der Waals surface area (Å²) in [5.74, 6) is -1.51. The van der Waals surface area contributed by atoms with Gasteiger partial charge in [0.25, 0.3) is 0 Å². The van der Waals surface area contributed by atoms with Gasteiger partial charge in [-0.25, -0.2) is 4.79 Å². The maximum Gasteiger partial charge on any atom is 0.349 e. The fraction of sp³-hybridized carbons (Fsp3) is 0.353. The van der Waals surface area contributed by atoms with Crippen LogP contribution in [0.1, 0.15) is 44.4 Å². The van der Waals surface area contributed by atoms with E-state index < -0.39 is 41.9 Å². The number of alkyl halides is 1. The van der Waals surface area contributed by atoms with Crippen LogP contribution >= 0.6 is 23.4 Å². The number of ether oxygens (including phenoxy) is 1. The molecule has 8 heteroatoms. The molecule has 1 aliphatic rings. The first kappa shape index (κ1) is 32.1.